The lowest BCUT2D eigenvalue weighted by Crippen LogP contribution is -2.32. The maximum atomic E-state index is 12.5. The fourth-order valence-electron chi connectivity index (χ4n) is 3.27. The number of nitrogens with zero attached hydrogens (tertiary/aromatic N) is 2. The van der Waals surface area contributed by atoms with E-state index in [0.717, 1.165) is 0 Å². The summed E-state index contributed by atoms with van der Waals surface area (Å²) in [5, 5.41) is 2.43. The fourth-order valence-corrected chi connectivity index (χ4v) is 4.73. The van der Waals surface area contributed by atoms with E-state index >= 15 is 0 Å². The van der Waals surface area contributed by atoms with E-state index in [1.165, 1.54) is 33.1 Å². The number of aromatic nitrogens is 1. The lowest BCUT2D eigenvalue weighted by Gasteiger charge is -2.18. The average molecular weight is 476 g/mol. The Morgan fingerprint density at radius 2 is 1.73 bits per heavy atom. The molecule has 0 saturated carbocycles. The van der Waals surface area contributed by atoms with E-state index in [4.69, 9.17) is 9.15 Å². The largest absolute Gasteiger partial charge is 0.462 e. The zero-order chi connectivity index (χ0) is 24.0. The van der Waals surface area contributed by atoms with Gasteiger partial charge in [-0.2, -0.15) is 4.31 Å². The second-order valence-electron chi connectivity index (χ2n) is 7.00. The molecule has 0 bridgehead atoms. The number of rotatable bonds is 10. The quantitative estimate of drug-likeness (QED) is 0.441. The molecule has 0 spiro atoms. The van der Waals surface area contributed by atoms with Crippen LogP contribution in [0.3, 0.4) is 0 Å². The number of sulfonamides is 1. The molecule has 0 saturated heterocycles. The Balaban J connectivity index is 1.50. The van der Waals surface area contributed by atoms with E-state index < -0.39 is 27.7 Å². The van der Waals surface area contributed by atoms with Gasteiger partial charge in [0.1, 0.15) is 13.2 Å². The summed E-state index contributed by atoms with van der Waals surface area (Å²) < 4.78 is 37.9. The van der Waals surface area contributed by atoms with Crippen molar-refractivity contribution in [3.05, 3.63) is 64.6 Å². The topological polar surface area (TPSA) is 128 Å². The van der Waals surface area contributed by atoms with E-state index in [1.54, 1.807) is 38.1 Å². The third-order valence-electron chi connectivity index (χ3n) is 5.00. The van der Waals surface area contributed by atoms with Crippen molar-refractivity contribution in [3.63, 3.8) is 0 Å². The van der Waals surface area contributed by atoms with Crippen molar-refractivity contribution < 1.29 is 27.2 Å². The average Bonchev–Trinajstić information content (AvgIpc) is 3.13. The van der Waals surface area contributed by atoms with Gasteiger partial charge in [0.15, 0.2) is 5.58 Å². The summed E-state index contributed by atoms with van der Waals surface area (Å²) in [4.78, 5) is 36.2. The highest BCUT2D eigenvalue weighted by Crippen LogP contribution is 2.16. The first-order valence-corrected chi connectivity index (χ1v) is 11.8. The molecule has 10 nitrogen and oxygen atoms in total. The number of hydrogen-bond acceptors (Lipinski definition) is 7. The molecular formula is C22H25N3O7S. The van der Waals surface area contributed by atoms with Gasteiger partial charge >= 0.3 is 11.7 Å². The Bertz CT molecular complexity index is 1290. The van der Waals surface area contributed by atoms with E-state index in [-0.39, 0.29) is 30.2 Å². The Hall–Kier alpha value is -3.44. The molecule has 33 heavy (non-hydrogen) atoms. The van der Waals surface area contributed by atoms with Crippen LogP contribution < -0.4 is 11.1 Å². The van der Waals surface area contributed by atoms with Gasteiger partial charge in [0, 0.05) is 18.7 Å². The molecule has 0 radical (unpaired) electrons. The molecule has 1 N–H and O–H groups in total. The Labute approximate surface area is 190 Å². The van der Waals surface area contributed by atoms with E-state index in [0.29, 0.717) is 24.2 Å². The van der Waals surface area contributed by atoms with E-state index in [2.05, 4.69) is 5.32 Å². The lowest BCUT2D eigenvalue weighted by atomic mass is 10.2. The van der Waals surface area contributed by atoms with Crippen molar-refractivity contribution in [1.82, 2.24) is 14.2 Å². The monoisotopic (exact) mass is 475 g/mol. The molecule has 0 unspecified atom stereocenters. The predicted octanol–water partition coefficient (Wildman–Crippen LogP) is 1.60. The molecule has 1 amide bonds. The number of carbonyl (C=O) groups excluding carboxylic acids is 2. The number of ether oxygens (including phenoxy) is 1. The molecule has 1 aromatic heterocycles. The zero-order valence-corrected chi connectivity index (χ0v) is 19.1. The SMILES string of the molecule is CCN(CC)S(=O)(=O)c1ccc(C(=O)NCC(=O)OCCn2c(=O)oc3ccccc32)cc1. The predicted molar refractivity (Wildman–Crippen MR) is 120 cm³/mol. The standard InChI is InChI=1S/C22H25N3O7S/c1-3-24(4-2)33(29,30)17-11-9-16(10-12-17)21(27)23-15-20(26)31-14-13-25-18-7-5-6-8-19(18)32-22(25)28/h5-12H,3-4,13-15H2,1-2H3,(H,23,27). The van der Waals surface area contributed by atoms with Crippen LogP contribution in [-0.2, 0) is 26.1 Å². The number of amides is 1. The molecule has 0 fully saturated rings. The Morgan fingerprint density at radius 3 is 2.39 bits per heavy atom. The van der Waals surface area contributed by atoms with Gasteiger partial charge < -0.3 is 14.5 Å². The number of carbonyl (C=O) groups is 2. The van der Waals surface area contributed by atoms with Gasteiger partial charge in [0.2, 0.25) is 10.0 Å². The summed E-state index contributed by atoms with van der Waals surface area (Å²) in [5.41, 5.74) is 1.24. The number of fused-ring (bicyclic) bond motifs is 1. The molecule has 176 valence electrons. The third kappa shape index (κ3) is 5.49. The highest BCUT2D eigenvalue weighted by molar-refractivity contribution is 7.89. The minimum atomic E-state index is -3.62. The highest BCUT2D eigenvalue weighted by atomic mass is 32.2. The second-order valence-corrected chi connectivity index (χ2v) is 8.94. The van der Waals surface area contributed by atoms with Gasteiger partial charge in [0.25, 0.3) is 5.91 Å². The molecule has 3 aromatic rings. The van der Waals surface area contributed by atoms with Crippen LogP contribution in [0.1, 0.15) is 24.2 Å². The van der Waals surface area contributed by atoms with E-state index in [1.807, 2.05) is 0 Å². The van der Waals surface area contributed by atoms with Crippen LogP contribution in [0.15, 0.2) is 62.6 Å². The van der Waals surface area contributed by atoms with Crippen LogP contribution in [0.2, 0.25) is 0 Å². The van der Waals surface area contributed by atoms with Crippen LogP contribution in [0.25, 0.3) is 11.1 Å². The molecule has 0 atom stereocenters. The van der Waals surface area contributed by atoms with Crippen LogP contribution >= 0.6 is 0 Å². The summed E-state index contributed by atoms with van der Waals surface area (Å²) in [6.45, 7) is 3.84. The number of hydrogen-bond donors (Lipinski definition) is 1. The zero-order valence-electron chi connectivity index (χ0n) is 18.3. The molecule has 0 aliphatic heterocycles. The van der Waals surface area contributed by atoms with Crippen molar-refractivity contribution in [2.24, 2.45) is 0 Å². The minimum absolute atomic E-state index is 0.0734. The Morgan fingerprint density at radius 1 is 1.06 bits per heavy atom. The summed E-state index contributed by atoms with van der Waals surface area (Å²) in [6.07, 6.45) is 0. The summed E-state index contributed by atoms with van der Waals surface area (Å²) in [6, 6.07) is 12.4. The highest BCUT2D eigenvalue weighted by Gasteiger charge is 2.21. The number of benzene rings is 2. The number of oxazole rings is 1. The molecule has 11 heteroatoms. The van der Waals surface area contributed by atoms with Crippen LogP contribution in [0.4, 0.5) is 0 Å². The van der Waals surface area contributed by atoms with Crippen molar-refractivity contribution in [2.75, 3.05) is 26.2 Å². The van der Waals surface area contributed by atoms with Crippen molar-refractivity contribution >= 4 is 33.0 Å². The molecule has 3 rings (SSSR count). The van der Waals surface area contributed by atoms with Gasteiger partial charge in [0.05, 0.1) is 17.0 Å². The maximum Gasteiger partial charge on any atom is 0.420 e. The molecule has 2 aromatic carbocycles. The maximum absolute atomic E-state index is 12.5. The molecule has 1 heterocycles. The first kappa shape index (κ1) is 24.2. The van der Waals surface area contributed by atoms with Crippen molar-refractivity contribution in [2.45, 2.75) is 25.3 Å². The minimum Gasteiger partial charge on any atom is -0.462 e. The Kier molecular flexibility index (Phi) is 7.67. The number of nitrogens with one attached hydrogen (secondary N) is 1. The third-order valence-corrected chi connectivity index (χ3v) is 7.07. The van der Waals surface area contributed by atoms with Gasteiger partial charge in [-0.25, -0.2) is 13.2 Å². The van der Waals surface area contributed by atoms with Crippen LogP contribution in [-0.4, -0.2) is 55.4 Å². The molecule has 0 aliphatic carbocycles. The number of para-hydroxylation sites is 2. The smallest absolute Gasteiger partial charge is 0.420 e. The first-order valence-electron chi connectivity index (χ1n) is 10.4. The van der Waals surface area contributed by atoms with Crippen molar-refractivity contribution in [1.29, 1.82) is 0 Å². The first-order chi connectivity index (χ1) is 15.8. The van der Waals surface area contributed by atoms with Gasteiger partial charge in [-0.1, -0.05) is 26.0 Å². The lowest BCUT2D eigenvalue weighted by molar-refractivity contribution is -0.142. The van der Waals surface area contributed by atoms with Gasteiger partial charge in [-0.05, 0) is 36.4 Å². The van der Waals surface area contributed by atoms with Crippen LogP contribution in [0, 0.1) is 0 Å². The summed E-state index contributed by atoms with van der Waals surface area (Å²) in [5.74, 6) is -1.77. The van der Waals surface area contributed by atoms with Crippen LogP contribution in [0.5, 0.6) is 0 Å². The van der Waals surface area contributed by atoms with Crippen molar-refractivity contribution in [3.8, 4) is 0 Å². The van der Waals surface area contributed by atoms with Gasteiger partial charge in [-0.15, -0.1) is 0 Å². The molecular weight excluding hydrogens is 450 g/mol. The fraction of sp³-hybridized carbons (Fsp3) is 0.318. The normalized spacial score (nSPS) is 11.6. The van der Waals surface area contributed by atoms with Gasteiger partial charge in [-0.3, -0.25) is 14.2 Å². The summed E-state index contributed by atoms with van der Waals surface area (Å²) >= 11 is 0. The summed E-state index contributed by atoms with van der Waals surface area (Å²) in [7, 11) is -3.62. The molecule has 0 aliphatic rings. The second kappa shape index (κ2) is 10.5. The number of esters is 1. The van der Waals surface area contributed by atoms with E-state index in [9.17, 15) is 22.8 Å².